The monoisotopic (exact) mass is 306 g/mol. The highest BCUT2D eigenvalue weighted by molar-refractivity contribution is 7.86. The van der Waals surface area contributed by atoms with Crippen molar-refractivity contribution in [2.24, 2.45) is 0 Å². The number of piperidine rings is 1. The second-order valence-electron chi connectivity index (χ2n) is 5.29. The van der Waals surface area contributed by atoms with Crippen LogP contribution in [0.2, 0.25) is 0 Å². The van der Waals surface area contributed by atoms with Gasteiger partial charge in [0.2, 0.25) is 0 Å². The molecule has 0 aromatic carbocycles. The first-order chi connectivity index (χ1) is 9.41. The molecule has 1 atom stereocenters. The van der Waals surface area contributed by atoms with Gasteiger partial charge >= 0.3 is 5.97 Å². The van der Waals surface area contributed by atoms with Crippen molar-refractivity contribution in [2.75, 3.05) is 27.2 Å². The molecule has 0 unspecified atom stereocenters. The Hall–Kier alpha value is -0.660. The van der Waals surface area contributed by atoms with Crippen LogP contribution in [-0.2, 0) is 19.7 Å². The molecule has 7 heteroatoms. The first-order valence-corrected chi connectivity index (χ1v) is 8.67. The minimum absolute atomic E-state index is 0.374. The van der Waals surface area contributed by atoms with Gasteiger partial charge in [0, 0.05) is 20.6 Å². The zero-order chi connectivity index (χ0) is 15.2. The molecule has 0 aromatic heterocycles. The smallest absolute Gasteiger partial charge is 0.324 e. The van der Waals surface area contributed by atoms with E-state index in [9.17, 15) is 13.2 Å². The lowest BCUT2D eigenvalue weighted by molar-refractivity contribution is -0.149. The van der Waals surface area contributed by atoms with Crippen LogP contribution in [0.3, 0.4) is 0 Å². The van der Waals surface area contributed by atoms with Crippen LogP contribution in [0.15, 0.2) is 0 Å². The second-order valence-corrected chi connectivity index (χ2v) is 7.38. The van der Waals surface area contributed by atoms with Crippen molar-refractivity contribution in [1.29, 1.82) is 0 Å². The van der Waals surface area contributed by atoms with E-state index in [-0.39, 0.29) is 0 Å². The maximum atomic E-state index is 12.2. The Morgan fingerprint density at radius 3 is 2.60 bits per heavy atom. The summed E-state index contributed by atoms with van der Waals surface area (Å²) in [6.07, 6.45) is 5.08. The Bertz CT molecular complexity index is 409. The van der Waals surface area contributed by atoms with Crippen LogP contribution in [0, 0.1) is 0 Å². The maximum absolute atomic E-state index is 12.2. The highest BCUT2D eigenvalue weighted by atomic mass is 32.2. The molecule has 1 aliphatic rings. The molecule has 1 aliphatic heterocycles. The van der Waals surface area contributed by atoms with Gasteiger partial charge in [-0.15, -0.1) is 0 Å². The summed E-state index contributed by atoms with van der Waals surface area (Å²) in [5.41, 5.74) is 0. The van der Waals surface area contributed by atoms with Gasteiger partial charge in [0.05, 0.1) is 6.61 Å². The van der Waals surface area contributed by atoms with Gasteiger partial charge in [0.1, 0.15) is 6.04 Å². The van der Waals surface area contributed by atoms with Crippen molar-refractivity contribution in [3.8, 4) is 0 Å². The average Bonchev–Trinajstić information content (AvgIpc) is 2.43. The van der Waals surface area contributed by atoms with E-state index in [1.165, 1.54) is 18.4 Å². The van der Waals surface area contributed by atoms with Crippen molar-refractivity contribution in [1.82, 2.24) is 8.61 Å². The topological polar surface area (TPSA) is 66.9 Å². The number of unbranched alkanes of at least 4 members (excludes halogenated alkanes) is 2. The summed E-state index contributed by atoms with van der Waals surface area (Å²) in [6.45, 7) is 2.84. The third kappa shape index (κ3) is 4.43. The molecule has 20 heavy (non-hydrogen) atoms. The zero-order valence-electron chi connectivity index (χ0n) is 12.7. The van der Waals surface area contributed by atoms with Gasteiger partial charge in [-0.2, -0.15) is 17.0 Å². The molecule has 6 nitrogen and oxygen atoms in total. The molecule has 0 N–H and O–H groups in total. The minimum Gasteiger partial charge on any atom is -0.464 e. The van der Waals surface area contributed by atoms with Gasteiger partial charge in [-0.3, -0.25) is 4.79 Å². The Morgan fingerprint density at radius 2 is 2.00 bits per heavy atom. The van der Waals surface area contributed by atoms with E-state index in [0.717, 1.165) is 36.4 Å². The first-order valence-electron chi connectivity index (χ1n) is 7.27. The summed E-state index contributed by atoms with van der Waals surface area (Å²) in [6, 6.07) is -0.669. The molecule has 0 amide bonds. The van der Waals surface area contributed by atoms with E-state index in [2.05, 4.69) is 6.92 Å². The fourth-order valence-electron chi connectivity index (χ4n) is 2.25. The summed E-state index contributed by atoms with van der Waals surface area (Å²) >= 11 is 0. The van der Waals surface area contributed by atoms with E-state index >= 15 is 0 Å². The number of hydrogen-bond acceptors (Lipinski definition) is 4. The fourth-order valence-corrected chi connectivity index (χ4v) is 3.54. The number of esters is 1. The predicted octanol–water partition coefficient (Wildman–Crippen LogP) is 1.38. The zero-order valence-corrected chi connectivity index (χ0v) is 13.5. The molecule has 0 saturated carbocycles. The van der Waals surface area contributed by atoms with Crippen LogP contribution >= 0.6 is 0 Å². The molecular weight excluding hydrogens is 280 g/mol. The van der Waals surface area contributed by atoms with Crippen molar-refractivity contribution in [3.05, 3.63) is 0 Å². The third-order valence-corrected chi connectivity index (χ3v) is 5.43. The molecular formula is C13H26N2O4S. The fraction of sp³-hybridized carbons (Fsp3) is 0.923. The lowest BCUT2D eigenvalue weighted by atomic mass is 10.1. The van der Waals surface area contributed by atoms with E-state index in [1.807, 2.05) is 0 Å². The molecule has 1 saturated heterocycles. The Labute approximate surface area is 122 Å². The van der Waals surface area contributed by atoms with Crippen LogP contribution in [0.5, 0.6) is 0 Å². The van der Waals surface area contributed by atoms with E-state index in [1.54, 1.807) is 0 Å². The molecule has 1 fully saturated rings. The Morgan fingerprint density at radius 1 is 1.30 bits per heavy atom. The quantitative estimate of drug-likeness (QED) is 0.526. The highest BCUT2D eigenvalue weighted by Crippen LogP contribution is 2.22. The molecule has 0 spiro atoms. The number of rotatable bonds is 7. The Balaban J connectivity index is 2.67. The summed E-state index contributed by atoms with van der Waals surface area (Å²) < 4.78 is 32.1. The van der Waals surface area contributed by atoms with Crippen LogP contribution in [0.25, 0.3) is 0 Å². The van der Waals surface area contributed by atoms with Crippen LogP contribution in [0.1, 0.15) is 45.4 Å². The molecule has 0 radical (unpaired) electrons. The molecule has 118 valence electrons. The lowest BCUT2D eigenvalue weighted by Crippen LogP contribution is -2.52. The summed E-state index contributed by atoms with van der Waals surface area (Å²) in [5, 5.41) is 0. The minimum atomic E-state index is -3.56. The average molecular weight is 306 g/mol. The standard InChI is InChI=1S/C13H26N2O4S/c1-4-5-8-11-19-13(16)12-9-6-7-10-15(12)20(17,18)14(2)3/h12H,4-11H2,1-3H3/t12-/m0/s1. The summed E-state index contributed by atoms with van der Waals surface area (Å²) in [4.78, 5) is 12.1. The SMILES string of the molecule is CCCCCOC(=O)[C@@H]1CCCCN1S(=O)(=O)N(C)C. The van der Waals surface area contributed by atoms with E-state index in [0.29, 0.717) is 19.6 Å². The van der Waals surface area contributed by atoms with Crippen molar-refractivity contribution < 1.29 is 17.9 Å². The molecule has 0 bridgehead atoms. The molecule has 0 aromatic rings. The number of hydrogen-bond donors (Lipinski definition) is 0. The summed E-state index contributed by atoms with van der Waals surface area (Å²) in [7, 11) is -0.604. The van der Waals surface area contributed by atoms with Gasteiger partial charge in [-0.05, 0) is 25.7 Å². The molecule has 0 aliphatic carbocycles. The van der Waals surface area contributed by atoms with Crippen molar-refractivity contribution in [2.45, 2.75) is 51.5 Å². The van der Waals surface area contributed by atoms with Gasteiger partial charge in [-0.25, -0.2) is 0 Å². The van der Waals surface area contributed by atoms with Crippen LogP contribution in [-0.4, -0.2) is 56.3 Å². The van der Waals surface area contributed by atoms with E-state index < -0.39 is 22.2 Å². The second kappa shape index (κ2) is 7.95. The number of carbonyl (C=O) groups is 1. The largest absolute Gasteiger partial charge is 0.464 e. The van der Waals surface area contributed by atoms with Crippen LogP contribution < -0.4 is 0 Å². The van der Waals surface area contributed by atoms with Gasteiger partial charge in [-0.1, -0.05) is 19.8 Å². The molecule has 1 heterocycles. The molecule has 1 rings (SSSR count). The Kier molecular flexibility index (Phi) is 6.91. The van der Waals surface area contributed by atoms with Gasteiger partial charge in [0.25, 0.3) is 10.2 Å². The van der Waals surface area contributed by atoms with E-state index in [4.69, 9.17) is 4.74 Å². The predicted molar refractivity (Wildman–Crippen MR) is 77.4 cm³/mol. The normalized spacial score (nSPS) is 21.1. The van der Waals surface area contributed by atoms with Gasteiger partial charge < -0.3 is 4.74 Å². The number of carbonyl (C=O) groups excluding carboxylic acids is 1. The van der Waals surface area contributed by atoms with Crippen molar-refractivity contribution in [3.63, 3.8) is 0 Å². The number of nitrogens with zero attached hydrogens (tertiary/aromatic N) is 2. The highest BCUT2D eigenvalue weighted by Gasteiger charge is 2.38. The van der Waals surface area contributed by atoms with Gasteiger partial charge in [0.15, 0.2) is 0 Å². The number of ether oxygens (including phenoxy) is 1. The van der Waals surface area contributed by atoms with Crippen molar-refractivity contribution >= 4 is 16.2 Å². The maximum Gasteiger partial charge on any atom is 0.324 e. The lowest BCUT2D eigenvalue weighted by Gasteiger charge is -2.34. The van der Waals surface area contributed by atoms with Crippen LogP contribution in [0.4, 0.5) is 0 Å². The summed E-state index contributed by atoms with van der Waals surface area (Å²) in [5.74, 6) is -0.411. The third-order valence-electron chi connectivity index (χ3n) is 3.48. The first kappa shape index (κ1) is 17.4.